The fourth-order valence-corrected chi connectivity index (χ4v) is 8.95. The minimum absolute atomic E-state index is 0.00595. The van der Waals surface area contributed by atoms with E-state index in [1.807, 2.05) is 19.9 Å². The van der Waals surface area contributed by atoms with Crippen molar-refractivity contribution in [1.29, 1.82) is 0 Å². The van der Waals surface area contributed by atoms with Crippen molar-refractivity contribution in [2.75, 3.05) is 6.61 Å². The number of esters is 1. The van der Waals surface area contributed by atoms with Gasteiger partial charge in [0.05, 0.1) is 11.0 Å². The Balaban J connectivity index is 1.49. The molecule has 0 amide bonds. The van der Waals surface area contributed by atoms with Gasteiger partial charge in [-0.1, -0.05) is 32.4 Å². The highest BCUT2D eigenvalue weighted by atomic mass is 16.5. The van der Waals surface area contributed by atoms with E-state index in [2.05, 4.69) is 6.92 Å². The zero-order chi connectivity index (χ0) is 25.1. The van der Waals surface area contributed by atoms with Crippen LogP contribution < -0.4 is 0 Å². The molecule has 0 radical (unpaired) electrons. The summed E-state index contributed by atoms with van der Waals surface area (Å²) in [5.41, 5.74) is -3.90. The van der Waals surface area contributed by atoms with Crippen molar-refractivity contribution in [2.24, 2.45) is 39.4 Å². The van der Waals surface area contributed by atoms with Crippen LogP contribution in [0, 0.1) is 39.4 Å². The molecule has 0 aromatic heterocycles. The fraction of sp³-hybridized carbons (Fsp3) is 0.750. The summed E-state index contributed by atoms with van der Waals surface area (Å²) in [6.45, 7) is 10.7. The van der Waals surface area contributed by atoms with Crippen LogP contribution in [0.4, 0.5) is 0 Å². The number of carbonyl (C=O) groups is 3. The Kier molecular flexibility index (Phi) is 4.71. The van der Waals surface area contributed by atoms with E-state index in [1.165, 1.54) is 0 Å². The summed E-state index contributed by atoms with van der Waals surface area (Å²) in [5, 5.41) is 24.0. The molecule has 4 fully saturated rings. The quantitative estimate of drug-likeness (QED) is 0.612. The lowest BCUT2D eigenvalue weighted by atomic mass is 9.45. The summed E-state index contributed by atoms with van der Waals surface area (Å²) in [6.07, 6.45) is 8.62. The van der Waals surface area contributed by atoms with Crippen molar-refractivity contribution < 1.29 is 29.3 Å². The van der Waals surface area contributed by atoms with E-state index in [1.54, 1.807) is 32.9 Å². The molecule has 0 aromatic rings. The van der Waals surface area contributed by atoms with Gasteiger partial charge in [0.15, 0.2) is 12.4 Å². The van der Waals surface area contributed by atoms with Gasteiger partial charge in [-0.05, 0) is 82.8 Å². The average Bonchev–Trinajstić information content (AvgIpc) is 3.31. The zero-order valence-corrected chi connectivity index (χ0v) is 21.2. The van der Waals surface area contributed by atoms with E-state index >= 15 is 0 Å². The normalized spacial score (nSPS) is 48.8. The molecule has 6 heteroatoms. The SMILES string of the molecule is C[C@@H]1CC2C3CCC4=CC(=O)C=C[C@]4(C)[C@@]34CC4(O)C[C@]2(C)[C@@]1(O)C(=O)COC(=O)C(C)(C)C. The summed E-state index contributed by atoms with van der Waals surface area (Å²) in [5.74, 6) is -1.05. The summed E-state index contributed by atoms with van der Waals surface area (Å²) >= 11 is 0. The maximum atomic E-state index is 13.5. The smallest absolute Gasteiger partial charge is 0.311 e. The lowest BCUT2D eigenvalue weighted by molar-refractivity contribution is -0.187. The molecule has 0 heterocycles. The number of Topliss-reactive ketones (excluding diaryl/α,β-unsaturated/α-hetero) is 1. The van der Waals surface area contributed by atoms with Crippen LogP contribution in [0.15, 0.2) is 23.8 Å². The highest BCUT2D eigenvalue weighted by molar-refractivity contribution is 6.01. The lowest BCUT2D eigenvalue weighted by Gasteiger charge is -2.59. The van der Waals surface area contributed by atoms with E-state index in [-0.39, 0.29) is 29.0 Å². The third-order valence-corrected chi connectivity index (χ3v) is 10.7. The maximum Gasteiger partial charge on any atom is 0.311 e. The number of aliphatic hydroxyl groups is 2. The zero-order valence-electron chi connectivity index (χ0n) is 21.2. The molecule has 8 atom stereocenters. The third kappa shape index (κ3) is 2.62. The van der Waals surface area contributed by atoms with Crippen LogP contribution in [-0.2, 0) is 19.1 Å². The summed E-state index contributed by atoms with van der Waals surface area (Å²) < 4.78 is 5.32. The molecule has 5 aliphatic rings. The van der Waals surface area contributed by atoms with Crippen LogP contribution in [-0.4, -0.2) is 45.6 Å². The minimum atomic E-state index is -1.67. The van der Waals surface area contributed by atoms with Gasteiger partial charge >= 0.3 is 5.97 Å². The molecule has 5 aliphatic carbocycles. The van der Waals surface area contributed by atoms with E-state index in [4.69, 9.17) is 4.74 Å². The molecule has 34 heavy (non-hydrogen) atoms. The molecule has 0 saturated heterocycles. The van der Waals surface area contributed by atoms with Crippen molar-refractivity contribution >= 4 is 17.5 Å². The second kappa shape index (κ2) is 6.70. The second-order valence-electron chi connectivity index (χ2n) is 13.3. The number of rotatable bonds is 3. The molecule has 5 rings (SSSR count). The Morgan fingerprint density at radius 2 is 1.82 bits per heavy atom. The van der Waals surface area contributed by atoms with Gasteiger partial charge < -0.3 is 14.9 Å². The van der Waals surface area contributed by atoms with Crippen LogP contribution in [0.2, 0.25) is 0 Å². The van der Waals surface area contributed by atoms with Gasteiger partial charge in [-0.2, -0.15) is 0 Å². The average molecular weight is 471 g/mol. The van der Waals surface area contributed by atoms with Gasteiger partial charge in [0.1, 0.15) is 5.60 Å². The van der Waals surface area contributed by atoms with E-state index in [9.17, 15) is 24.6 Å². The predicted molar refractivity (Wildman–Crippen MR) is 125 cm³/mol. The molecule has 0 aromatic carbocycles. The number of hydrogen-bond donors (Lipinski definition) is 2. The van der Waals surface area contributed by atoms with Crippen molar-refractivity contribution in [2.45, 2.75) is 84.8 Å². The second-order valence-corrected chi connectivity index (χ2v) is 13.3. The molecular formula is C28H38O6. The van der Waals surface area contributed by atoms with Gasteiger partial charge in [-0.25, -0.2) is 0 Å². The third-order valence-electron chi connectivity index (χ3n) is 10.7. The highest BCUT2D eigenvalue weighted by Gasteiger charge is 2.86. The van der Waals surface area contributed by atoms with Crippen molar-refractivity contribution in [1.82, 2.24) is 0 Å². The van der Waals surface area contributed by atoms with Crippen LogP contribution in [0.3, 0.4) is 0 Å². The number of hydrogen-bond acceptors (Lipinski definition) is 6. The first kappa shape index (κ1) is 23.9. The Labute approximate surface area is 201 Å². The fourth-order valence-electron chi connectivity index (χ4n) is 8.95. The molecule has 0 bridgehead atoms. The van der Waals surface area contributed by atoms with Gasteiger partial charge in [-0.15, -0.1) is 0 Å². The van der Waals surface area contributed by atoms with Crippen LogP contribution in [0.5, 0.6) is 0 Å². The van der Waals surface area contributed by atoms with Crippen molar-refractivity contribution in [3.63, 3.8) is 0 Å². The molecular weight excluding hydrogens is 432 g/mol. The molecule has 186 valence electrons. The molecule has 6 nitrogen and oxygen atoms in total. The predicted octanol–water partition coefficient (Wildman–Crippen LogP) is 3.54. The largest absolute Gasteiger partial charge is 0.457 e. The Morgan fingerprint density at radius 1 is 1.15 bits per heavy atom. The summed E-state index contributed by atoms with van der Waals surface area (Å²) in [7, 11) is 0. The number of carbonyl (C=O) groups excluding carboxylic acids is 3. The first-order valence-electron chi connectivity index (χ1n) is 12.7. The Morgan fingerprint density at radius 3 is 2.47 bits per heavy atom. The minimum Gasteiger partial charge on any atom is -0.457 e. The highest BCUT2D eigenvalue weighted by Crippen LogP contribution is 2.85. The van der Waals surface area contributed by atoms with E-state index in [0.29, 0.717) is 19.3 Å². The summed E-state index contributed by atoms with van der Waals surface area (Å²) in [4.78, 5) is 37.9. The van der Waals surface area contributed by atoms with Gasteiger partial charge in [0.2, 0.25) is 5.78 Å². The lowest BCUT2D eigenvalue weighted by Crippen LogP contribution is -2.63. The van der Waals surface area contributed by atoms with Crippen molar-refractivity contribution in [3.8, 4) is 0 Å². The number of fused-ring (bicyclic) bond motifs is 3. The Bertz CT molecular complexity index is 1050. The van der Waals surface area contributed by atoms with E-state index < -0.39 is 45.8 Å². The van der Waals surface area contributed by atoms with Crippen LogP contribution >= 0.6 is 0 Å². The van der Waals surface area contributed by atoms with Crippen LogP contribution in [0.25, 0.3) is 0 Å². The molecule has 1 spiro atoms. The topological polar surface area (TPSA) is 101 Å². The first-order chi connectivity index (χ1) is 15.6. The number of ether oxygens (including phenoxy) is 1. The molecule has 2 N–H and O–H groups in total. The van der Waals surface area contributed by atoms with Gasteiger partial charge in [-0.3, -0.25) is 14.4 Å². The summed E-state index contributed by atoms with van der Waals surface area (Å²) in [6, 6.07) is 0. The first-order valence-corrected chi connectivity index (χ1v) is 12.7. The monoisotopic (exact) mass is 470 g/mol. The van der Waals surface area contributed by atoms with E-state index in [0.717, 1.165) is 18.4 Å². The molecule has 3 unspecified atom stereocenters. The standard InChI is InChI=1S/C28H38O6/c1-16-11-20-19-8-7-17-12-18(29)9-10-24(17,5)27(19)15-26(27,32)14-25(20,6)28(16,33)21(30)13-34-22(31)23(2,3)4/h9-10,12,16,19-20,32-33H,7-8,11,13-15H2,1-6H3/t16-,19?,20?,24+,25+,26?,27-,28+/m1/s1. The maximum absolute atomic E-state index is 13.5. The number of ketones is 2. The molecule has 0 aliphatic heterocycles. The van der Waals surface area contributed by atoms with Crippen LogP contribution in [0.1, 0.15) is 73.6 Å². The van der Waals surface area contributed by atoms with Gasteiger partial charge in [0.25, 0.3) is 0 Å². The molecule has 4 saturated carbocycles. The number of allylic oxidation sites excluding steroid dienone is 4. The van der Waals surface area contributed by atoms with Gasteiger partial charge in [0, 0.05) is 16.2 Å². The Hall–Kier alpha value is -1.79. The van der Waals surface area contributed by atoms with Crippen molar-refractivity contribution in [3.05, 3.63) is 23.8 Å².